The Kier molecular flexibility index (Phi) is 3.95. The first kappa shape index (κ1) is 16.9. The fraction of sp³-hybridized carbons (Fsp3) is 0.0526. The molecule has 0 saturated carbocycles. The van der Waals surface area contributed by atoms with Gasteiger partial charge >= 0.3 is 6.18 Å². The summed E-state index contributed by atoms with van der Waals surface area (Å²) in [5.41, 5.74) is 6.69. The maximum absolute atomic E-state index is 12.9. The van der Waals surface area contributed by atoms with E-state index in [-0.39, 0.29) is 5.52 Å². The van der Waals surface area contributed by atoms with E-state index in [9.17, 15) is 13.2 Å². The normalized spacial score (nSPS) is 11.7. The minimum absolute atomic E-state index is 0.284. The zero-order chi connectivity index (χ0) is 19.0. The van der Waals surface area contributed by atoms with Gasteiger partial charge < -0.3 is 15.5 Å². The first-order chi connectivity index (χ1) is 12.9. The largest absolute Gasteiger partial charge is 0.457 e. The van der Waals surface area contributed by atoms with E-state index in [1.807, 2.05) is 0 Å². The Morgan fingerprint density at radius 2 is 1.70 bits per heavy atom. The molecule has 27 heavy (non-hydrogen) atoms. The van der Waals surface area contributed by atoms with Crippen LogP contribution in [0.15, 0.2) is 60.8 Å². The van der Waals surface area contributed by atoms with Gasteiger partial charge in [-0.05, 0) is 48.5 Å². The number of H-pyrrole nitrogens is 1. The minimum Gasteiger partial charge on any atom is -0.457 e. The number of nitrogens with two attached hydrogens (primary N) is 1. The van der Waals surface area contributed by atoms with Gasteiger partial charge in [0.1, 0.15) is 17.2 Å². The highest BCUT2D eigenvalue weighted by Crippen LogP contribution is 2.32. The molecular weight excluding hydrogens is 357 g/mol. The van der Waals surface area contributed by atoms with Crippen LogP contribution in [0.25, 0.3) is 22.6 Å². The van der Waals surface area contributed by atoms with Crippen LogP contribution in [0, 0.1) is 0 Å². The van der Waals surface area contributed by atoms with Crippen LogP contribution >= 0.6 is 0 Å². The molecule has 5 nitrogen and oxygen atoms in total. The number of aromatic nitrogens is 3. The molecule has 0 amide bonds. The number of imidazole rings is 1. The lowest BCUT2D eigenvalue weighted by atomic mass is 10.2. The third-order valence-electron chi connectivity index (χ3n) is 3.90. The summed E-state index contributed by atoms with van der Waals surface area (Å²) in [5, 5.41) is 0. The molecule has 0 saturated heterocycles. The number of aromatic amines is 1. The maximum atomic E-state index is 12.9. The van der Waals surface area contributed by atoms with Crippen molar-refractivity contribution in [2.45, 2.75) is 6.18 Å². The third-order valence-corrected chi connectivity index (χ3v) is 3.90. The van der Waals surface area contributed by atoms with Gasteiger partial charge in [-0.3, -0.25) is 4.98 Å². The van der Waals surface area contributed by atoms with E-state index in [1.165, 1.54) is 12.3 Å². The van der Waals surface area contributed by atoms with Crippen LogP contribution in [-0.2, 0) is 6.18 Å². The molecule has 0 aliphatic carbocycles. The van der Waals surface area contributed by atoms with Crippen LogP contribution in [0.4, 0.5) is 18.9 Å². The Morgan fingerprint density at radius 3 is 2.44 bits per heavy atom. The Labute approximate surface area is 151 Å². The number of rotatable bonds is 3. The maximum Gasteiger partial charge on any atom is 0.416 e. The number of halogens is 3. The average molecular weight is 370 g/mol. The number of nitrogen functional groups attached to an aromatic ring is 1. The highest BCUT2D eigenvalue weighted by molar-refractivity contribution is 5.79. The second kappa shape index (κ2) is 6.31. The Balaban J connectivity index is 1.66. The molecule has 8 heteroatoms. The van der Waals surface area contributed by atoms with Crippen LogP contribution in [-0.4, -0.2) is 15.0 Å². The van der Waals surface area contributed by atoms with Crippen molar-refractivity contribution in [2.75, 3.05) is 5.73 Å². The first-order valence-electron chi connectivity index (χ1n) is 7.95. The second-order valence-corrected chi connectivity index (χ2v) is 5.86. The molecule has 0 bridgehead atoms. The quantitative estimate of drug-likeness (QED) is 0.497. The van der Waals surface area contributed by atoms with Gasteiger partial charge in [0.15, 0.2) is 5.82 Å². The SMILES string of the molecule is Nc1ccc(Oc2ccnc(-c3nc4ccc(C(F)(F)F)cc4[nH]3)c2)cc1. The van der Waals surface area contributed by atoms with E-state index in [4.69, 9.17) is 10.5 Å². The van der Waals surface area contributed by atoms with E-state index < -0.39 is 11.7 Å². The second-order valence-electron chi connectivity index (χ2n) is 5.86. The molecule has 2 aromatic carbocycles. The highest BCUT2D eigenvalue weighted by atomic mass is 19.4. The Bertz CT molecular complexity index is 1100. The Morgan fingerprint density at radius 1 is 0.926 bits per heavy atom. The lowest BCUT2D eigenvalue weighted by molar-refractivity contribution is -0.137. The molecule has 136 valence electrons. The van der Waals surface area contributed by atoms with Crippen molar-refractivity contribution in [3.63, 3.8) is 0 Å². The predicted molar refractivity (Wildman–Crippen MR) is 95.3 cm³/mol. The van der Waals surface area contributed by atoms with Crippen molar-refractivity contribution in [1.29, 1.82) is 0 Å². The molecule has 4 rings (SSSR count). The van der Waals surface area contributed by atoms with E-state index >= 15 is 0 Å². The van der Waals surface area contributed by atoms with Crippen LogP contribution in [0.3, 0.4) is 0 Å². The van der Waals surface area contributed by atoms with Gasteiger partial charge in [0, 0.05) is 18.0 Å². The number of hydrogen-bond acceptors (Lipinski definition) is 4. The molecule has 2 aromatic heterocycles. The summed E-state index contributed by atoms with van der Waals surface area (Å²) < 4.78 is 44.3. The van der Waals surface area contributed by atoms with Gasteiger partial charge in [-0.1, -0.05) is 0 Å². The van der Waals surface area contributed by atoms with E-state index in [2.05, 4.69) is 15.0 Å². The molecule has 4 aromatic rings. The van der Waals surface area contributed by atoms with Crippen molar-refractivity contribution in [2.24, 2.45) is 0 Å². The standard InChI is InChI=1S/C19H13F3N4O/c20-19(21,22)11-1-6-15-16(9-11)26-18(25-15)17-10-14(7-8-24-17)27-13-4-2-12(23)3-5-13/h1-10H,23H2,(H,25,26). The fourth-order valence-corrected chi connectivity index (χ4v) is 2.58. The zero-order valence-electron chi connectivity index (χ0n) is 13.8. The number of alkyl halides is 3. The summed E-state index contributed by atoms with van der Waals surface area (Å²) in [5.74, 6) is 1.47. The first-order valence-corrected chi connectivity index (χ1v) is 7.95. The lowest BCUT2D eigenvalue weighted by Crippen LogP contribution is -2.04. The Hall–Kier alpha value is -3.55. The number of nitrogens with zero attached hydrogens (tertiary/aromatic N) is 2. The number of pyridine rings is 1. The van der Waals surface area contributed by atoms with Crippen LogP contribution in [0.5, 0.6) is 11.5 Å². The van der Waals surface area contributed by atoms with Crippen molar-refractivity contribution in [3.8, 4) is 23.0 Å². The van der Waals surface area contributed by atoms with E-state index in [1.54, 1.807) is 36.4 Å². The number of nitrogens with one attached hydrogen (secondary N) is 1. The molecular formula is C19H13F3N4O. The van der Waals surface area contributed by atoms with E-state index in [0.29, 0.717) is 34.2 Å². The number of anilines is 1. The van der Waals surface area contributed by atoms with E-state index in [0.717, 1.165) is 12.1 Å². The molecule has 0 unspecified atom stereocenters. The summed E-state index contributed by atoms with van der Waals surface area (Å²) in [6.07, 6.45) is -2.87. The topological polar surface area (TPSA) is 76.8 Å². The minimum atomic E-state index is -4.41. The van der Waals surface area contributed by atoms with Crippen molar-refractivity contribution < 1.29 is 17.9 Å². The molecule has 2 heterocycles. The van der Waals surface area contributed by atoms with Crippen LogP contribution < -0.4 is 10.5 Å². The van der Waals surface area contributed by atoms with Gasteiger partial charge in [-0.15, -0.1) is 0 Å². The van der Waals surface area contributed by atoms with Gasteiger partial charge in [0.25, 0.3) is 0 Å². The fourth-order valence-electron chi connectivity index (χ4n) is 2.58. The third kappa shape index (κ3) is 3.55. The van der Waals surface area contributed by atoms with Crippen LogP contribution in [0.1, 0.15) is 5.56 Å². The molecule has 0 aliphatic rings. The summed E-state index contributed by atoms with van der Waals surface area (Å²) in [4.78, 5) is 11.4. The molecule has 0 fully saturated rings. The molecule has 3 N–H and O–H groups in total. The number of fused-ring (bicyclic) bond motifs is 1. The number of ether oxygens (including phenoxy) is 1. The van der Waals surface area contributed by atoms with Crippen molar-refractivity contribution in [3.05, 3.63) is 66.4 Å². The summed E-state index contributed by atoms with van der Waals surface area (Å²) >= 11 is 0. The van der Waals surface area contributed by atoms with Gasteiger partial charge in [0.05, 0.1) is 16.6 Å². The zero-order valence-corrected chi connectivity index (χ0v) is 13.8. The van der Waals surface area contributed by atoms with Gasteiger partial charge in [-0.25, -0.2) is 4.98 Å². The van der Waals surface area contributed by atoms with Gasteiger partial charge in [0.2, 0.25) is 0 Å². The summed E-state index contributed by atoms with van der Waals surface area (Å²) in [6.45, 7) is 0. The van der Waals surface area contributed by atoms with Gasteiger partial charge in [-0.2, -0.15) is 13.2 Å². The van der Waals surface area contributed by atoms with Crippen LogP contribution in [0.2, 0.25) is 0 Å². The highest BCUT2D eigenvalue weighted by Gasteiger charge is 2.30. The average Bonchev–Trinajstić information content (AvgIpc) is 3.07. The number of hydrogen-bond donors (Lipinski definition) is 2. The molecule has 0 aliphatic heterocycles. The predicted octanol–water partition coefficient (Wildman–Crippen LogP) is 5.02. The lowest BCUT2D eigenvalue weighted by Gasteiger charge is -2.06. The summed E-state index contributed by atoms with van der Waals surface area (Å²) in [6, 6.07) is 13.6. The molecule has 0 atom stereocenters. The smallest absolute Gasteiger partial charge is 0.416 e. The summed E-state index contributed by atoms with van der Waals surface area (Å²) in [7, 11) is 0. The molecule has 0 spiro atoms. The monoisotopic (exact) mass is 370 g/mol. The van der Waals surface area contributed by atoms with Crippen molar-refractivity contribution >= 4 is 16.7 Å². The molecule has 0 radical (unpaired) electrons. The van der Waals surface area contributed by atoms with Crippen molar-refractivity contribution in [1.82, 2.24) is 15.0 Å². The number of benzene rings is 2.